The number of allylic oxidation sites excluding steroid dienone is 5. The predicted molar refractivity (Wildman–Crippen MR) is 160 cm³/mol. The standard InChI is InChI=1S/C32H43F2IO3/c1-3-27(34)10-5-4-9-25(24-32(2)19-17-30(18-20-32)38-22-7-6-21-33)23-29(36)11-8-12-31(37)26-13-15-28(35)16-14-26/h4-5,13-19,25,27H,3,6-12,20-24H2,1-2H3/b5-4+/t25-,27-,32?/m0/s1. The lowest BCUT2D eigenvalue weighted by Gasteiger charge is -2.32. The summed E-state index contributed by atoms with van der Waals surface area (Å²) in [4.78, 5) is 25.4. The number of ketones is 2. The van der Waals surface area contributed by atoms with Gasteiger partial charge in [0.2, 0.25) is 0 Å². The van der Waals surface area contributed by atoms with Crippen LogP contribution >= 0.6 is 22.6 Å². The fraction of sp³-hybridized carbons (Fsp3) is 0.562. The Balaban J connectivity index is 1.90. The summed E-state index contributed by atoms with van der Waals surface area (Å²) in [5.41, 5.74) is 0.590. The van der Waals surface area contributed by atoms with Gasteiger partial charge < -0.3 is 4.74 Å². The van der Waals surface area contributed by atoms with Crippen molar-refractivity contribution in [3.05, 3.63) is 69.5 Å². The lowest BCUT2D eigenvalue weighted by molar-refractivity contribution is -0.120. The van der Waals surface area contributed by atoms with Crippen LogP contribution in [0.2, 0.25) is 0 Å². The van der Waals surface area contributed by atoms with Crippen molar-refractivity contribution in [2.45, 2.75) is 90.6 Å². The number of rotatable bonds is 19. The van der Waals surface area contributed by atoms with Crippen LogP contribution in [0.5, 0.6) is 0 Å². The summed E-state index contributed by atoms with van der Waals surface area (Å²) in [6.45, 7) is 4.22. The van der Waals surface area contributed by atoms with E-state index >= 15 is 0 Å². The van der Waals surface area contributed by atoms with Crippen molar-refractivity contribution >= 4 is 34.2 Å². The normalized spacial score (nSPS) is 18.8. The first-order chi connectivity index (χ1) is 18.2. The van der Waals surface area contributed by atoms with Gasteiger partial charge in [-0.3, -0.25) is 14.0 Å². The molecule has 0 spiro atoms. The number of alkyl halides is 2. The Morgan fingerprint density at radius 1 is 1.11 bits per heavy atom. The second-order valence-electron chi connectivity index (χ2n) is 10.6. The zero-order chi connectivity index (χ0) is 27.8. The van der Waals surface area contributed by atoms with E-state index in [-0.39, 0.29) is 29.6 Å². The van der Waals surface area contributed by atoms with Crippen molar-refractivity contribution in [1.29, 1.82) is 0 Å². The molecule has 1 aliphatic rings. The molecule has 0 saturated heterocycles. The van der Waals surface area contributed by atoms with E-state index in [1.807, 2.05) is 49.4 Å². The van der Waals surface area contributed by atoms with Crippen LogP contribution in [0.4, 0.5) is 8.78 Å². The molecule has 0 fully saturated rings. The van der Waals surface area contributed by atoms with E-state index in [9.17, 15) is 18.4 Å². The van der Waals surface area contributed by atoms with Crippen molar-refractivity contribution in [2.75, 3.05) is 13.3 Å². The third-order valence-electron chi connectivity index (χ3n) is 6.98. The summed E-state index contributed by atoms with van der Waals surface area (Å²) >= 11 is 2.21. The molecule has 0 saturated carbocycles. The third-order valence-corrected chi connectivity index (χ3v) is 7.70. The molecule has 0 aliphatic heterocycles. The highest BCUT2D eigenvalue weighted by Crippen LogP contribution is 2.38. The number of halogens is 3. The summed E-state index contributed by atoms with van der Waals surface area (Å²) in [7, 11) is 0. The van der Waals surface area contributed by atoms with Crippen LogP contribution in [-0.2, 0) is 9.53 Å². The molecule has 3 atom stereocenters. The Kier molecular flexibility index (Phi) is 15.1. The van der Waals surface area contributed by atoms with E-state index in [4.69, 9.17) is 4.74 Å². The lowest BCUT2D eigenvalue weighted by Crippen LogP contribution is -2.22. The van der Waals surface area contributed by atoms with E-state index in [0.717, 1.165) is 28.6 Å². The topological polar surface area (TPSA) is 43.4 Å². The first-order valence-corrected chi connectivity index (χ1v) is 15.0. The molecular weight excluding hydrogens is 597 g/mol. The van der Waals surface area contributed by atoms with Crippen LogP contribution in [0.1, 0.15) is 94.8 Å². The van der Waals surface area contributed by atoms with Crippen molar-refractivity contribution in [2.24, 2.45) is 11.3 Å². The maximum Gasteiger partial charge on any atom is 0.162 e. The molecule has 1 aromatic carbocycles. The van der Waals surface area contributed by atoms with Crippen LogP contribution in [-0.4, -0.2) is 31.0 Å². The van der Waals surface area contributed by atoms with Gasteiger partial charge in [0.15, 0.2) is 5.78 Å². The molecule has 1 aliphatic carbocycles. The van der Waals surface area contributed by atoms with Gasteiger partial charge in [0.1, 0.15) is 17.7 Å². The van der Waals surface area contributed by atoms with Crippen molar-refractivity contribution < 1.29 is 23.1 Å². The van der Waals surface area contributed by atoms with E-state index in [2.05, 4.69) is 41.7 Å². The zero-order valence-electron chi connectivity index (χ0n) is 22.9. The molecule has 1 unspecified atom stereocenters. The van der Waals surface area contributed by atoms with Gasteiger partial charge in [0.05, 0.1) is 13.3 Å². The fourth-order valence-corrected chi connectivity index (χ4v) is 5.01. The molecule has 210 valence electrons. The first-order valence-electron chi connectivity index (χ1n) is 13.9. The van der Waals surface area contributed by atoms with Gasteiger partial charge in [-0.1, -0.05) is 44.2 Å². The highest BCUT2D eigenvalue weighted by Gasteiger charge is 2.28. The minimum Gasteiger partial charge on any atom is -0.494 e. The van der Waals surface area contributed by atoms with Crippen LogP contribution in [0.15, 0.2) is 60.4 Å². The Morgan fingerprint density at radius 3 is 2.50 bits per heavy atom. The van der Waals surface area contributed by atoms with E-state index < -0.39 is 6.17 Å². The first kappa shape index (κ1) is 32.4. The largest absolute Gasteiger partial charge is 0.494 e. The molecule has 0 heterocycles. The minimum atomic E-state index is -0.829. The number of hydrogen-bond donors (Lipinski definition) is 0. The molecular formula is C32H43F2IO3. The van der Waals surface area contributed by atoms with Crippen LogP contribution in [0.3, 0.4) is 0 Å². The Bertz CT molecular complexity index is 954. The average Bonchev–Trinajstić information content (AvgIpc) is 2.90. The monoisotopic (exact) mass is 640 g/mol. The second kappa shape index (κ2) is 17.7. The maximum absolute atomic E-state index is 13.6. The Hall–Kier alpha value is -1.83. The van der Waals surface area contributed by atoms with Gasteiger partial charge in [0, 0.05) is 28.4 Å². The summed E-state index contributed by atoms with van der Waals surface area (Å²) < 4.78 is 32.7. The summed E-state index contributed by atoms with van der Waals surface area (Å²) in [6, 6.07) is 7.50. The molecule has 38 heavy (non-hydrogen) atoms. The Morgan fingerprint density at radius 2 is 1.84 bits per heavy atom. The number of benzene rings is 1. The van der Waals surface area contributed by atoms with Gasteiger partial charge in [-0.05, 0) is 110 Å². The SMILES string of the molecule is CC[C@H](F)C/C=C/C[C@@H](CC(=O)CCCC(=O)c1ccc(I)cc1)CC1(C)C=CC(OCCCCF)=CC1. The summed E-state index contributed by atoms with van der Waals surface area (Å²) in [6.07, 6.45) is 15.6. The number of carbonyl (C=O) groups excluding carboxylic acids is 2. The van der Waals surface area contributed by atoms with Gasteiger partial charge in [-0.2, -0.15) is 0 Å². The number of carbonyl (C=O) groups is 2. The van der Waals surface area contributed by atoms with Crippen LogP contribution in [0, 0.1) is 14.9 Å². The quantitative estimate of drug-likeness (QED) is 0.0655. The number of unbranched alkanes of at least 4 members (excludes halogenated alkanes) is 1. The summed E-state index contributed by atoms with van der Waals surface area (Å²) in [5, 5.41) is 0. The molecule has 0 amide bonds. The lowest BCUT2D eigenvalue weighted by atomic mass is 9.74. The van der Waals surface area contributed by atoms with E-state index in [1.165, 1.54) is 0 Å². The van der Waals surface area contributed by atoms with Gasteiger partial charge in [-0.15, -0.1) is 0 Å². The molecule has 2 rings (SSSR count). The minimum absolute atomic E-state index is 0.0692. The predicted octanol–water partition coefficient (Wildman–Crippen LogP) is 9.31. The molecule has 0 bridgehead atoms. The smallest absolute Gasteiger partial charge is 0.162 e. The highest BCUT2D eigenvalue weighted by atomic mass is 127. The molecule has 0 N–H and O–H groups in total. The molecule has 0 radical (unpaired) electrons. The number of ether oxygens (including phenoxy) is 1. The van der Waals surface area contributed by atoms with Crippen molar-refractivity contribution in [3.8, 4) is 0 Å². The van der Waals surface area contributed by atoms with E-state index in [0.29, 0.717) is 63.5 Å². The molecule has 3 nitrogen and oxygen atoms in total. The second-order valence-corrected chi connectivity index (χ2v) is 11.8. The number of hydrogen-bond acceptors (Lipinski definition) is 3. The molecule has 1 aromatic rings. The molecule has 6 heteroatoms. The third kappa shape index (κ3) is 12.8. The maximum atomic E-state index is 13.6. The van der Waals surface area contributed by atoms with Gasteiger partial charge >= 0.3 is 0 Å². The van der Waals surface area contributed by atoms with Crippen molar-refractivity contribution in [1.82, 2.24) is 0 Å². The Labute approximate surface area is 241 Å². The zero-order valence-corrected chi connectivity index (χ0v) is 25.1. The van der Waals surface area contributed by atoms with Crippen LogP contribution < -0.4 is 0 Å². The number of Topliss-reactive ketones (excluding diaryl/α,β-unsaturated/α-hetero) is 2. The van der Waals surface area contributed by atoms with Gasteiger partial charge in [-0.25, -0.2) is 4.39 Å². The van der Waals surface area contributed by atoms with Crippen molar-refractivity contribution in [3.63, 3.8) is 0 Å². The average molecular weight is 641 g/mol. The summed E-state index contributed by atoms with van der Waals surface area (Å²) in [5.74, 6) is 1.20. The molecule has 0 aromatic heterocycles. The van der Waals surface area contributed by atoms with Crippen LogP contribution in [0.25, 0.3) is 0 Å². The highest BCUT2D eigenvalue weighted by molar-refractivity contribution is 14.1. The fourth-order valence-electron chi connectivity index (χ4n) is 4.65. The van der Waals surface area contributed by atoms with E-state index in [1.54, 1.807) is 0 Å². The van der Waals surface area contributed by atoms with Gasteiger partial charge in [0.25, 0.3) is 0 Å².